The van der Waals surface area contributed by atoms with Crippen molar-refractivity contribution >= 4 is 22.5 Å². The van der Waals surface area contributed by atoms with E-state index in [1.54, 1.807) is 16.2 Å². The van der Waals surface area contributed by atoms with Crippen molar-refractivity contribution in [3.8, 4) is 0 Å². The number of aliphatic hydroxyl groups is 1. The number of thiazole rings is 1. The molecular weight excluding hydrogens is 300 g/mol. The lowest BCUT2D eigenvalue weighted by Gasteiger charge is -2.30. The maximum absolute atomic E-state index is 12.0. The van der Waals surface area contributed by atoms with Crippen LogP contribution in [0, 0.1) is 0 Å². The summed E-state index contributed by atoms with van der Waals surface area (Å²) in [6.07, 6.45) is 4.56. The molecule has 0 aliphatic carbocycles. The molecule has 0 spiro atoms. The van der Waals surface area contributed by atoms with Gasteiger partial charge < -0.3 is 20.2 Å². The molecule has 2 aliphatic rings. The van der Waals surface area contributed by atoms with E-state index in [4.69, 9.17) is 0 Å². The number of aromatic nitrogens is 1. The van der Waals surface area contributed by atoms with Crippen molar-refractivity contribution in [2.75, 3.05) is 37.6 Å². The number of likely N-dealkylation sites (tertiary alicyclic amines) is 1. The molecule has 0 bridgehead atoms. The summed E-state index contributed by atoms with van der Waals surface area (Å²) in [4.78, 5) is 20.7. The summed E-state index contributed by atoms with van der Waals surface area (Å²) in [5.74, 6) is 0. The van der Waals surface area contributed by atoms with Crippen molar-refractivity contribution in [1.29, 1.82) is 0 Å². The van der Waals surface area contributed by atoms with Gasteiger partial charge in [-0.2, -0.15) is 0 Å². The number of nitrogens with one attached hydrogen (secondary N) is 1. The molecule has 1 unspecified atom stereocenters. The molecule has 2 fully saturated rings. The van der Waals surface area contributed by atoms with E-state index < -0.39 is 0 Å². The first-order valence-corrected chi connectivity index (χ1v) is 9.00. The molecule has 1 aromatic rings. The highest BCUT2D eigenvalue weighted by Crippen LogP contribution is 2.24. The number of piperidine rings is 1. The van der Waals surface area contributed by atoms with Crippen LogP contribution < -0.4 is 10.2 Å². The Hall–Kier alpha value is -1.34. The number of rotatable bonds is 4. The van der Waals surface area contributed by atoms with E-state index in [2.05, 4.69) is 20.6 Å². The van der Waals surface area contributed by atoms with Crippen LogP contribution in [0.3, 0.4) is 0 Å². The Labute approximate surface area is 135 Å². The number of carbonyl (C=O) groups excluding carboxylic acids is 1. The molecule has 7 heteroatoms. The Kier molecular flexibility index (Phi) is 5.15. The van der Waals surface area contributed by atoms with Gasteiger partial charge in [0.15, 0.2) is 5.13 Å². The van der Waals surface area contributed by atoms with Crippen molar-refractivity contribution in [3.05, 3.63) is 11.1 Å². The van der Waals surface area contributed by atoms with Gasteiger partial charge >= 0.3 is 6.03 Å². The standard InChI is InChI=1S/C15H24N4O2S/c20-13-4-3-9-19(10-13)14(21)16-6-5-12-11-22-15(17-12)18-7-1-2-8-18/h11,13,20H,1-10H2,(H,16,21). The Morgan fingerprint density at radius 1 is 1.36 bits per heavy atom. The summed E-state index contributed by atoms with van der Waals surface area (Å²) in [7, 11) is 0. The van der Waals surface area contributed by atoms with Gasteiger partial charge in [0.05, 0.1) is 11.8 Å². The minimum absolute atomic E-state index is 0.0752. The topological polar surface area (TPSA) is 68.7 Å². The van der Waals surface area contributed by atoms with E-state index >= 15 is 0 Å². The zero-order chi connectivity index (χ0) is 15.4. The lowest BCUT2D eigenvalue weighted by Crippen LogP contribution is -2.47. The lowest BCUT2D eigenvalue weighted by atomic mass is 10.1. The highest BCUT2D eigenvalue weighted by molar-refractivity contribution is 7.13. The summed E-state index contributed by atoms with van der Waals surface area (Å²) in [5, 5.41) is 15.7. The van der Waals surface area contributed by atoms with Crippen LogP contribution in [0.15, 0.2) is 5.38 Å². The van der Waals surface area contributed by atoms with Gasteiger partial charge in [-0.15, -0.1) is 11.3 Å². The first kappa shape index (κ1) is 15.6. The average molecular weight is 324 g/mol. The molecule has 22 heavy (non-hydrogen) atoms. The highest BCUT2D eigenvalue weighted by Gasteiger charge is 2.21. The van der Waals surface area contributed by atoms with E-state index in [9.17, 15) is 9.90 Å². The number of carbonyl (C=O) groups is 1. The number of nitrogens with zero attached hydrogens (tertiary/aromatic N) is 3. The molecule has 1 atom stereocenters. The first-order valence-electron chi connectivity index (χ1n) is 8.12. The number of amides is 2. The van der Waals surface area contributed by atoms with E-state index in [1.807, 2.05) is 0 Å². The van der Waals surface area contributed by atoms with E-state index in [1.165, 1.54) is 12.8 Å². The molecule has 2 amide bonds. The van der Waals surface area contributed by atoms with Crippen LogP contribution in [0.5, 0.6) is 0 Å². The Bertz CT molecular complexity index is 501. The molecule has 3 heterocycles. The minimum atomic E-state index is -0.374. The summed E-state index contributed by atoms with van der Waals surface area (Å²) in [5.41, 5.74) is 1.05. The second-order valence-electron chi connectivity index (χ2n) is 6.04. The monoisotopic (exact) mass is 324 g/mol. The normalized spacial score (nSPS) is 22.1. The van der Waals surface area contributed by atoms with Crippen LogP contribution >= 0.6 is 11.3 Å². The zero-order valence-corrected chi connectivity index (χ0v) is 13.6. The molecule has 3 rings (SSSR count). The molecule has 0 saturated carbocycles. The number of β-amino-alcohol motifs (C(OH)–C–C–N with tert-alkyl or cyclic N) is 1. The fraction of sp³-hybridized carbons (Fsp3) is 0.733. The van der Waals surface area contributed by atoms with Gasteiger partial charge in [-0.3, -0.25) is 0 Å². The molecule has 2 aliphatic heterocycles. The Balaban J connectivity index is 1.41. The molecular formula is C15H24N4O2S. The average Bonchev–Trinajstić information content (AvgIpc) is 3.18. The largest absolute Gasteiger partial charge is 0.391 e. The van der Waals surface area contributed by atoms with Crippen molar-refractivity contribution in [3.63, 3.8) is 0 Å². The molecule has 6 nitrogen and oxygen atoms in total. The maximum atomic E-state index is 12.0. The number of urea groups is 1. The zero-order valence-electron chi connectivity index (χ0n) is 12.8. The van der Waals surface area contributed by atoms with Gasteiger partial charge in [0.1, 0.15) is 0 Å². The first-order chi connectivity index (χ1) is 10.7. The second kappa shape index (κ2) is 7.28. The second-order valence-corrected chi connectivity index (χ2v) is 6.88. The summed E-state index contributed by atoms with van der Waals surface area (Å²) in [6, 6.07) is -0.0752. The van der Waals surface area contributed by atoms with Crippen LogP contribution in [-0.2, 0) is 6.42 Å². The summed E-state index contributed by atoms with van der Waals surface area (Å²) in [6.45, 7) is 4.00. The third kappa shape index (κ3) is 3.89. The van der Waals surface area contributed by atoms with Gasteiger partial charge in [0.25, 0.3) is 0 Å². The van der Waals surface area contributed by atoms with Crippen molar-refractivity contribution in [2.24, 2.45) is 0 Å². The predicted octanol–water partition coefficient (Wildman–Crippen LogP) is 1.45. The van der Waals surface area contributed by atoms with Crippen LogP contribution in [0.4, 0.5) is 9.93 Å². The Morgan fingerprint density at radius 2 is 2.18 bits per heavy atom. The third-order valence-corrected chi connectivity index (χ3v) is 5.21. The van der Waals surface area contributed by atoms with Gasteiger partial charge in [-0.25, -0.2) is 9.78 Å². The van der Waals surface area contributed by atoms with Crippen LogP contribution in [-0.4, -0.2) is 59.8 Å². The summed E-state index contributed by atoms with van der Waals surface area (Å²) >= 11 is 1.69. The minimum Gasteiger partial charge on any atom is -0.391 e. The number of hydrogen-bond acceptors (Lipinski definition) is 5. The number of hydrogen-bond donors (Lipinski definition) is 2. The fourth-order valence-electron chi connectivity index (χ4n) is 3.01. The lowest BCUT2D eigenvalue weighted by molar-refractivity contribution is 0.0843. The number of aliphatic hydroxyl groups excluding tert-OH is 1. The predicted molar refractivity (Wildman–Crippen MR) is 87.5 cm³/mol. The Morgan fingerprint density at radius 3 is 2.95 bits per heavy atom. The molecule has 2 saturated heterocycles. The van der Waals surface area contributed by atoms with E-state index in [0.717, 1.165) is 49.7 Å². The van der Waals surface area contributed by atoms with Crippen molar-refractivity contribution in [1.82, 2.24) is 15.2 Å². The van der Waals surface area contributed by atoms with Crippen LogP contribution in [0.2, 0.25) is 0 Å². The fourth-order valence-corrected chi connectivity index (χ4v) is 3.93. The SMILES string of the molecule is O=C(NCCc1csc(N2CCCC2)n1)N1CCCC(O)C1. The van der Waals surface area contributed by atoms with Gasteiger partial charge in [-0.05, 0) is 25.7 Å². The van der Waals surface area contributed by atoms with Crippen molar-refractivity contribution in [2.45, 2.75) is 38.2 Å². The maximum Gasteiger partial charge on any atom is 0.317 e. The van der Waals surface area contributed by atoms with E-state index in [0.29, 0.717) is 13.1 Å². The van der Waals surface area contributed by atoms with Crippen LogP contribution in [0.25, 0.3) is 0 Å². The van der Waals surface area contributed by atoms with Gasteiger partial charge in [0.2, 0.25) is 0 Å². The molecule has 0 aromatic carbocycles. The van der Waals surface area contributed by atoms with E-state index in [-0.39, 0.29) is 12.1 Å². The van der Waals surface area contributed by atoms with Crippen molar-refractivity contribution < 1.29 is 9.90 Å². The molecule has 2 N–H and O–H groups in total. The quantitative estimate of drug-likeness (QED) is 0.880. The number of anilines is 1. The molecule has 0 radical (unpaired) electrons. The highest BCUT2D eigenvalue weighted by atomic mass is 32.1. The van der Waals surface area contributed by atoms with Gasteiger partial charge in [0, 0.05) is 44.5 Å². The van der Waals surface area contributed by atoms with Crippen LogP contribution in [0.1, 0.15) is 31.4 Å². The summed E-state index contributed by atoms with van der Waals surface area (Å²) < 4.78 is 0. The third-order valence-electron chi connectivity index (χ3n) is 4.26. The smallest absolute Gasteiger partial charge is 0.317 e. The van der Waals surface area contributed by atoms with Gasteiger partial charge in [-0.1, -0.05) is 0 Å². The molecule has 1 aromatic heterocycles. The molecule has 122 valence electrons.